The van der Waals surface area contributed by atoms with Gasteiger partial charge >= 0.3 is 7.12 Å². The van der Waals surface area contributed by atoms with Gasteiger partial charge < -0.3 is 37.7 Å². The zero-order valence-corrected chi connectivity index (χ0v) is 25.6. The lowest BCUT2D eigenvalue weighted by Crippen LogP contribution is -2.41. The van der Waals surface area contributed by atoms with Gasteiger partial charge in [-0.2, -0.15) is 0 Å². The Morgan fingerprint density at radius 1 is 0.615 bits per heavy atom. The van der Waals surface area contributed by atoms with Gasteiger partial charge in [0.15, 0.2) is 23.0 Å². The summed E-state index contributed by atoms with van der Waals surface area (Å²) in [7, 11) is 9.29. The van der Waals surface area contributed by atoms with Crippen LogP contribution in [-0.4, -0.2) is 61.0 Å². The molecule has 8 nitrogen and oxygen atoms in total. The molecule has 0 aromatic heterocycles. The van der Waals surface area contributed by atoms with Crippen molar-refractivity contribution in [2.45, 2.75) is 70.9 Å². The van der Waals surface area contributed by atoms with E-state index in [-0.39, 0.29) is 17.7 Å². The van der Waals surface area contributed by atoms with Crippen molar-refractivity contribution in [3.8, 4) is 34.5 Å². The number of hydrogen-bond donors (Lipinski definition) is 0. The summed E-state index contributed by atoms with van der Waals surface area (Å²) in [6.45, 7) is 12.6. The number of hydrogen-bond acceptors (Lipinski definition) is 8. The topological polar surface area (TPSA) is 73.8 Å². The highest BCUT2D eigenvalue weighted by Crippen LogP contribution is 2.52. The van der Waals surface area contributed by atoms with E-state index in [2.05, 4.69) is 41.5 Å². The summed E-state index contributed by atoms with van der Waals surface area (Å²) in [6, 6.07) is 7.72. The van der Waals surface area contributed by atoms with Crippen molar-refractivity contribution in [1.82, 2.24) is 0 Å². The SMILES string of the molecule is CC[C@@H](c1cc(OC)c(OC)cc1OC)[C@H](C)[C@H](B1OC(C)(C)C(C)(C)O1)c1cc(OC)c(OC)cc1OC. The van der Waals surface area contributed by atoms with E-state index in [0.29, 0.717) is 28.7 Å². The van der Waals surface area contributed by atoms with E-state index in [1.165, 1.54) is 0 Å². The maximum atomic E-state index is 6.67. The second-order valence-electron chi connectivity index (χ2n) is 10.9. The molecule has 0 amide bonds. The van der Waals surface area contributed by atoms with Gasteiger partial charge in [0.05, 0.1) is 53.9 Å². The van der Waals surface area contributed by atoms with E-state index in [9.17, 15) is 0 Å². The predicted molar refractivity (Wildman–Crippen MR) is 153 cm³/mol. The molecule has 0 aliphatic carbocycles. The standard InChI is InChI=1S/C30H45BO8/c1-13-19(20-14-24(34-9)26(36-11)16-22(20)32-7)18(2)28(31-38-29(3,4)30(5,6)39-31)21-15-25(35-10)27(37-12)17-23(21)33-8/h14-19,28H,13H2,1-12H3/t18-,19+,28-/m0/s1. The van der Waals surface area contributed by atoms with Crippen molar-refractivity contribution in [1.29, 1.82) is 0 Å². The summed E-state index contributed by atoms with van der Waals surface area (Å²) < 4.78 is 47.6. The number of benzene rings is 2. The van der Waals surface area contributed by atoms with Crippen LogP contribution >= 0.6 is 0 Å². The maximum Gasteiger partial charge on any atom is 0.466 e. The van der Waals surface area contributed by atoms with E-state index in [0.717, 1.165) is 23.3 Å². The van der Waals surface area contributed by atoms with Crippen molar-refractivity contribution < 1.29 is 37.7 Å². The quantitative estimate of drug-likeness (QED) is 0.289. The van der Waals surface area contributed by atoms with Gasteiger partial charge in [-0.3, -0.25) is 0 Å². The molecule has 1 aliphatic rings. The van der Waals surface area contributed by atoms with Gasteiger partial charge in [0.1, 0.15) is 11.5 Å². The normalized spacial score (nSPS) is 18.2. The van der Waals surface area contributed by atoms with Crippen LogP contribution in [0, 0.1) is 5.92 Å². The Morgan fingerprint density at radius 3 is 1.36 bits per heavy atom. The van der Waals surface area contributed by atoms with Gasteiger partial charge in [0.2, 0.25) is 0 Å². The highest BCUT2D eigenvalue weighted by atomic mass is 16.7. The summed E-state index contributed by atoms with van der Waals surface area (Å²) in [5.41, 5.74) is 0.912. The molecule has 0 spiro atoms. The van der Waals surface area contributed by atoms with Crippen LogP contribution < -0.4 is 28.4 Å². The molecule has 3 rings (SSSR count). The minimum atomic E-state index is -0.544. The number of methoxy groups -OCH3 is 6. The maximum absolute atomic E-state index is 6.67. The molecule has 1 saturated heterocycles. The Balaban J connectivity index is 2.24. The van der Waals surface area contributed by atoms with Gasteiger partial charge in [0.25, 0.3) is 0 Å². The van der Waals surface area contributed by atoms with E-state index in [1.54, 1.807) is 42.7 Å². The first kappa shape index (κ1) is 30.8. The molecule has 9 heteroatoms. The van der Waals surface area contributed by atoms with Crippen LogP contribution in [0.2, 0.25) is 0 Å². The van der Waals surface area contributed by atoms with Gasteiger partial charge in [-0.25, -0.2) is 0 Å². The Kier molecular flexibility index (Phi) is 9.60. The molecule has 2 aromatic carbocycles. The molecule has 3 atom stereocenters. The largest absolute Gasteiger partial charge is 0.496 e. The summed E-state index contributed by atoms with van der Waals surface area (Å²) >= 11 is 0. The fourth-order valence-corrected chi connectivity index (χ4v) is 5.49. The Labute approximate surface area is 234 Å². The molecule has 1 aliphatic heterocycles. The van der Waals surface area contributed by atoms with Gasteiger partial charge in [-0.15, -0.1) is 0 Å². The third-order valence-electron chi connectivity index (χ3n) is 8.44. The predicted octanol–water partition coefficient (Wildman–Crippen LogP) is 6.28. The Hall–Kier alpha value is -2.78. The van der Waals surface area contributed by atoms with Crippen LogP contribution in [0.1, 0.15) is 70.8 Å². The van der Waals surface area contributed by atoms with Crippen LogP contribution in [0.15, 0.2) is 24.3 Å². The lowest BCUT2D eigenvalue weighted by Gasteiger charge is -2.34. The Morgan fingerprint density at radius 2 is 0.974 bits per heavy atom. The third kappa shape index (κ3) is 5.75. The van der Waals surface area contributed by atoms with Crippen molar-refractivity contribution >= 4 is 7.12 Å². The molecule has 0 N–H and O–H groups in total. The first-order chi connectivity index (χ1) is 18.4. The van der Waals surface area contributed by atoms with E-state index >= 15 is 0 Å². The van der Waals surface area contributed by atoms with E-state index in [1.807, 2.05) is 24.3 Å². The summed E-state index contributed by atoms with van der Waals surface area (Å²) in [5.74, 6) is 3.69. The highest BCUT2D eigenvalue weighted by molar-refractivity contribution is 6.48. The zero-order chi connectivity index (χ0) is 29.1. The van der Waals surface area contributed by atoms with Gasteiger partial charge in [0, 0.05) is 23.5 Å². The molecule has 0 radical (unpaired) electrons. The summed E-state index contributed by atoms with van der Waals surface area (Å²) in [4.78, 5) is 0. The van der Waals surface area contributed by atoms with Crippen molar-refractivity contribution in [2.75, 3.05) is 42.7 Å². The molecule has 216 valence electrons. The fraction of sp³-hybridized carbons (Fsp3) is 0.600. The molecule has 0 bridgehead atoms. The molecular formula is C30H45BO8. The first-order valence-electron chi connectivity index (χ1n) is 13.4. The smallest absolute Gasteiger partial charge is 0.466 e. The summed E-state index contributed by atoms with van der Waals surface area (Å²) in [5, 5.41) is 0. The summed E-state index contributed by atoms with van der Waals surface area (Å²) in [6.07, 6.45) is 0.832. The fourth-order valence-electron chi connectivity index (χ4n) is 5.49. The molecule has 1 fully saturated rings. The highest BCUT2D eigenvalue weighted by Gasteiger charge is 2.56. The van der Waals surface area contributed by atoms with Crippen molar-refractivity contribution in [2.24, 2.45) is 5.92 Å². The second kappa shape index (κ2) is 12.2. The Bertz CT molecular complexity index is 1120. The van der Waals surface area contributed by atoms with Gasteiger partial charge in [-0.1, -0.05) is 13.8 Å². The average Bonchev–Trinajstić information content (AvgIpc) is 3.13. The van der Waals surface area contributed by atoms with Crippen molar-refractivity contribution in [3.05, 3.63) is 35.4 Å². The minimum Gasteiger partial charge on any atom is -0.496 e. The molecular weight excluding hydrogens is 499 g/mol. The van der Waals surface area contributed by atoms with Crippen LogP contribution in [0.5, 0.6) is 34.5 Å². The minimum absolute atomic E-state index is 0.00343. The number of ether oxygens (including phenoxy) is 6. The van der Waals surface area contributed by atoms with E-state index < -0.39 is 18.3 Å². The average molecular weight is 544 g/mol. The first-order valence-corrected chi connectivity index (χ1v) is 13.4. The van der Waals surface area contributed by atoms with Gasteiger partial charge in [-0.05, 0) is 63.6 Å². The zero-order valence-electron chi connectivity index (χ0n) is 25.6. The molecule has 2 aromatic rings. The number of rotatable bonds is 12. The monoisotopic (exact) mass is 544 g/mol. The lowest BCUT2D eigenvalue weighted by molar-refractivity contribution is 0.00578. The van der Waals surface area contributed by atoms with Crippen LogP contribution in [-0.2, 0) is 9.31 Å². The molecule has 0 saturated carbocycles. The third-order valence-corrected chi connectivity index (χ3v) is 8.44. The second-order valence-corrected chi connectivity index (χ2v) is 10.9. The van der Waals surface area contributed by atoms with Crippen LogP contribution in [0.3, 0.4) is 0 Å². The lowest BCUT2D eigenvalue weighted by atomic mass is 9.57. The molecule has 39 heavy (non-hydrogen) atoms. The van der Waals surface area contributed by atoms with Crippen LogP contribution in [0.4, 0.5) is 0 Å². The van der Waals surface area contributed by atoms with Crippen molar-refractivity contribution in [3.63, 3.8) is 0 Å². The molecule has 0 unspecified atom stereocenters. The van der Waals surface area contributed by atoms with E-state index in [4.69, 9.17) is 37.7 Å². The van der Waals surface area contributed by atoms with Crippen LogP contribution in [0.25, 0.3) is 0 Å². The molecule has 1 heterocycles.